The lowest BCUT2D eigenvalue weighted by molar-refractivity contribution is -0.142. The fraction of sp³-hybridized carbons (Fsp3) is 0.300. The van der Waals surface area contributed by atoms with Crippen molar-refractivity contribution in [1.82, 2.24) is 0 Å². The highest BCUT2D eigenvalue weighted by Gasteiger charge is 2.15. The number of hydrogen-bond acceptors (Lipinski definition) is 4. The molecule has 0 radical (unpaired) electrons. The number of carbonyl (C=O) groups excluding carboxylic acids is 1. The molecule has 1 aromatic carbocycles. The van der Waals surface area contributed by atoms with Gasteiger partial charge in [0.25, 0.3) is 0 Å². The van der Waals surface area contributed by atoms with Crippen molar-refractivity contribution in [2.75, 3.05) is 7.11 Å². The van der Waals surface area contributed by atoms with Gasteiger partial charge in [0.05, 0.1) is 13.7 Å². The maximum absolute atomic E-state index is 11.1. The van der Waals surface area contributed by atoms with Crippen LogP contribution in [0.2, 0.25) is 0 Å². The summed E-state index contributed by atoms with van der Waals surface area (Å²) in [6, 6.07) is 6.09. The smallest absolute Gasteiger partial charge is 0.327 e. The zero-order valence-electron chi connectivity index (χ0n) is 7.93. The van der Waals surface area contributed by atoms with Gasteiger partial charge in [0, 0.05) is 0 Å². The van der Waals surface area contributed by atoms with Gasteiger partial charge in [-0.3, -0.25) is 4.79 Å². The fourth-order valence-electron chi connectivity index (χ4n) is 1.09. The van der Waals surface area contributed by atoms with Gasteiger partial charge in [-0.05, 0) is 11.1 Å². The molecule has 4 heteroatoms. The zero-order valence-corrected chi connectivity index (χ0v) is 7.93. The Morgan fingerprint density at radius 2 is 2.07 bits per heavy atom. The minimum Gasteiger partial charge on any atom is -0.468 e. The van der Waals surface area contributed by atoms with Crippen molar-refractivity contribution in [2.45, 2.75) is 12.6 Å². The monoisotopic (exact) mass is 195 g/mol. The summed E-state index contributed by atoms with van der Waals surface area (Å²) in [5.41, 5.74) is 7.06. The van der Waals surface area contributed by atoms with Gasteiger partial charge in [0.1, 0.15) is 6.04 Å². The average Bonchev–Trinajstić information content (AvgIpc) is 2.27. The third-order valence-corrected chi connectivity index (χ3v) is 1.98. The van der Waals surface area contributed by atoms with E-state index >= 15 is 0 Å². The van der Waals surface area contributed by atoms with Crippen LogP contribution < -0.4 is 5.73 Å². The minimum atomic E-state index is -0.757. The molecular weight excluding hydrogens is 182 g/mol. The molecule has 1 aromatic rings. The fourth-order valence-corrected chi connectivity index (χ4v) is 1.09. The first-order valence-corrected chi connectivity index (χ1v) is 4.22. The van der Waals surface area contributed by atoms with Gasteiger partial charge in [-0.1, -0.05) is 24.3 Å². The Labute approximate surface area is 82.3 Å². The molecule has 14 heavy (non-hydrogen) atoms. The van der Waals surface area contributed by atoms with Crippen LogP contribution in [0.15, 0.2) is 24.3 Å². The molecule has 1 rings (SSSR count). The van der Waals surface area contributed by atoms with Crippen molar-refractivity contribution in [3.63, 3.8) is 0 Å². The predicted octanol–water partition coefficient (Wildman–Crippen LogP) is 0.352. The molecule has 0 saturated carbocycles. The van der Waals surface area contributed by atoms with E-state index in [2.05, 4.69) is 4.74 Å². The summed E-state index contributed by atoms with van der Waals surface area (Å²) < 4.78 is 4.51. The Morgan fingerprint density at radius 3 is 2.50 bits per heavy atom. The second kappa shape index (κ2) is 4.74. The van der Waals surface area contributed by atoms with E-state index in [1.54, 1.807) is 24.3 Å². The Morgan fingerprint density at radius 1 is 1.50 bits per heavy atom. The molecule has 0 aliphatic carbocycles. The van der Waals surface area contributed by atoms with E-state index in [4.69, 9.17) is 10.8 Å². The lowest BCUT2D eigenvalue weighted by atomic mass is 10.1. The molecule has 3 N–H and O–H groups in total. The molecule has 0 heterocycles. The molecule has 1 atom stereocenters. The first-order chi connectivity index (χ1) is 6.69. The van der Waals surface area contributed by atoms with Crippen LogP contribution in [0.4, 0.5) is 0 Å². The number of aliphatic hydroxyl groups is 1. The van der Waals surface area contributed by atoms with Gasteiger partial charge < -0.3 is 15.6 Å². The molecule has 76 valence electrons. The minimum absolute atomic E-state index is 0.0201. The molecule has 0 fully saturated rings. The Balaban J connectivity index is 2.81. The van der Waals surface area contributed by atoms with E-state index in [1.165, 1.54) is 7.11 Å². The maximum Gasteiger partial charge on any atom is 0.327 e. The number of methoxy groups -OCH3 is 1. The van der Waals surface area contributed by atoms with Crippen LogP contribution in [0, 0.1) is 0 Å². The summed E-state index contributed by atoms with van der Waals surface area (Å²) >= 11 is 0. The Kier molecular flexibility index (Phi) is 3.62. The molecule has 0 bridgehead atoms. The molecule has 0 aliphatic rings. The van der Waals surface area contributed by atoms with E-state index in [0.717, 1.165) is 5.56 Å². The summed E-state index contributed by atoms with van der Waals surface area (Å²) in [4.78, 5) is 11.1. The van der Waals surface area contributed by atoms with Crippen molar-refractivity contribution < 1.29 is 14.6 Å². The van der Waals surface area contributed by atoms with Crippen LogP contribution in [0.5, 0.6) is 0 Å². The number of esters is 1. The van der Waals surface area contributed by atoms with Crippen molar-refractivity contribution in [3.05, 3.63) is 35.4 Å². The summed E-state index contributed by atoms with van der Waals surface area (Å²) in [5.74, 6) is -0.471. The third-order valence-electron chi connectivity index (χ3n) is 1.98. The average molecular weight is 195 g/mol. The summed E-state index contributed by atoms with van der Waals surface area (Å²) in [6.07, 6.45) is 0. The SMILES string of the molecule is COC(=O)C(N)c1ccc(CO)cc1. The predicted molar refractivity (Wildman–Crippen MR) is 51.3 cm³/mol. The molecule has 0 saturated heterocycles. The molecule has 1 unspecified atom stereocenters. The first kappa shape index (κ1) is 10.7. The highest BCUT2D eigenvalue weighted by Crippen LogP contribution is 2.12. The standard InChI is InChI=1S/C10H13NO3/c1-14-10(13)9(11)8-4-2-7(6-12)3-5-8/h2-5,9,12H,6,11H2,1H3. The number of benzene rings is 1. The third kappa shape index (κ3) is 2.31. The van der Waals surface area contributed by atoms with E-state index in [9.17, 15) is 4.79 Å². The summed E-state index contributed by atoms with van der Waals surface area (Å²) in [5, 5.41) is 8.80. The van der Waals surface area contributed by atoms with Crippen molar-refractivity contribution in [1.29, 1.82) is 0 Å². The van der Waals surface area contributed by atoms with E-state index in [1.807, 2.05) is 0 Å². The molecule has 0 aromatic heterocycles. The number of nitrogens with two attached hydrogens (primary N) is 1. The molecule has 4 nitrogen and oxygen atoms in total. The number of rotatable bonds is 3. The van der Waals surface area contributed by atoms with Crippen LogP contribution in [0.1, 0.15) is 17.2 Å². The number of carbonyl (C=O) groups is 1. The number of ether oxygens (including phenoxy) is 1. The quantitative estimate of drug-likeness (QED) is 0.683. The highest BCUT2D eigenvalue weighted by atomic mass is 16.5. The maximum atomic E-state index is 11.1. The largest absolute Gasteiger partial charge is 0.468 e. The normalized spacial score (nSPS) is 12.2. The van der Waals surface area contributed by atoms with E-state index in [0.29, 0.717) is 5.56 Å². The van der Waals surface area contributed by atoms with Gasteiger partial charge in [-0.15, -0.1) is 0 Å². The molecular formula is C10H13NO3. The zero-order chi connectivity index (χ0) is 10.6. The number of hydrogen-bond donors (Lipinski definition) is 2. The lowest BCUT2D eigenvalue weighted by Gasteiger charge is -2.09. The molecule has 0 aliphatic heterocycles. The van der Waals surface area contributed by atoms with Gasteiger partial charge in [-0.2, -0.15) is 0 Å². The topological polar surface area (TPSA) is 72.5 Å². The summed E-state index contributed by atoms with van der Waals surface area (Å²) in [7, 11) is 1.30. The van der Waals surface area contributed by atoms with Gasteiger partial charge in [0.2, 0.25) is 0 Å². The van der Waals surface area contributed by atoms with Crippen LogP contribution in [-0.4, -0.2) is 18.2 Å². The van der Waals surface area contributed by atoms with Crippen molar-refractivity contribution >= 4 is 5.97 Å². The second-order valence-electron chi connectivity index (χ2n) is 2.90. The Bertz CT molecular complexity index is 308. The van der Waals surface area contributed by atoms with Crippen LogP contribution in [0.3, 0.4) is 0 Å². The van der Waals surface area contributed by atoms with Crippen molar-refractivity contribution in [3.8, 4) is 0 Å². The lowest BCUT2D eigenvalue weighted by Crippen LogP contribution is -2.22. The first-order valence-electron chi connectivity index (χ1n) is 4.22. The van der Waals surface area contributed by atoms with Crippen LogP contribution in [-0.2, 0) is 16.1 Å². The molecule has 0 spiro atoms. The van der Waals surface area contributed by atoms with Gasteiger partial charge in [-0.25, -0.2) is 0 Å². The summed E-state index contributed by atoms with van der Waals surface area (Å²) in [6.45, 7) is -0.0201. The van der Waals surface area contributed by atoms with Crippen LogP contribution >= 0.6 is 0 Å². The Hall–Kier alpha value is -1.39. The highest BCUT2D eigenvalue weighted by molar-refractivity contribution is 5.77. The number of aliphatic hydroxyl groups excluding tert-OH is 1. The van der Waals surface area contributed by atoms with Crippen molar-refractivity contribution in [2.24, 2.45) is 5.73 Å². The van der Waals surface area contributed by atoms with Crippen LogP contribution in [0.25, 0.3) is 0 Å². The van der Waals surface area contributed by atoms with Gasteiger partial charge in [0.15, 0.2) is 0 Å². The second-order valence-corrected chi connectivity index (χ2v) is 2.90. The molecule has 0 amide bonds. The van der Waals surface area contributed by atoms with E-state index in [-0.39, 0.29) is 6.61 Å². The van der Waals surface area contributed by atoms with E-state index < -0.39 is 12.0 Å². The van der Waals surface area contributed by atoms with Gasteiger partial charge >= 0.3 is 5.97 Å².